The zero-order chi connectivity index (χ0) is 8.48. The number of aromatic nitrogens is 1. The highest BCUT2D eigenvalue weighted by molar-refractivity contribution is 8.13. The summed E-state index contributed by atoms with van der Waals surface area (Å²) in [7, 11) is 1.14. The highest BCUT2D eigenvalue weighted by Gasteiger charge is 2.09. The van der Waals surface area contributed by atoms with Crippen molar-refractivity contribution in [1.29, 1.82) is 0 Å². The van der Waals surface area contributed by atoms with Gasteiger partial charge in [-0.2, -0.15) is 4.39 Å². The summed E-state index contributed by atoms with van der Waals surface area (Å²) in [5.41, 5.74) is 0. The van der Waals surface area contributed by atoms with Gasteiger partial charge < -0.3 is 0 Å². The van der Waals surface area contributed by atoms with E-state index in [0.717, 1.165) is 18.3 Å². The van der Waals surface area contributed by atoms with Gasteiger partial charge >= 0.3 is 0 Å². The normalized spacial score (nSPS) is 11.5. The number of hydrogen-bond donors (Lipinski definition) is 0. The minimum atomic E-state index is -3.78. The first-order valence-electron chi connectivity index (χ1n) is 2.56. The summed E-state index contributed by atoms with van der Waals surface area (Å²) in [5, 5.41) is 0. The van der Waals surface area contributed by atoms with E-state index in [4.69, 9.17) is 10.7 Å². The Labute approximate surface area is 67.2 Å². The third kappa shape index (κ3) is 2.13. The van der Waals surface area contributed by atoms with E-state index in [1.807, 2.05) is 0 Å². The van der Waals surface area contributed by atoms with Crippen LogP contribution in [0.5, 0.6) is 0 Å². The average Bonchev–Trinajstić information content (AvgIpc) is 1.86. The lowest BCUT2D eigenvalue weighted by Gasteiger charge is -1.92. The second-order valence-corrected chi connectivity index (χ2v) is 4.32. The molecule has 0 amide bonds. The van der Waals surface area contributed by atoms with Gasteiger partial charge in [-0.15, -0.1) is 0 Å². The molecule has 0 unspecified atom stereocenters. The van der Waals surface area contributed by atoms with Crippen LogP contribution in [0.1, 0.15) is 0 Å². The molecular weight excluding hydrogens is 193 g/mol. The predicted molar refractivity (Wildman–Crippen MR) is 37.2 cm³/mol. The van der Waals surface area contributed by atoms with Crippen molar-refractivity contribution < 1.29 is 12.8 Å². The molecule has 0 fully saturated rings. The molecule has 0 aliphatic carbocycles. The molecule has 0 aromatic carbocycles. The highest BCUT2D eigenvalue weighted by atomic mass is 35.7. The zero-order valence-electron chi connectivity index (χ0n) is 5.16. The van der Waals surface area contributed by atoms with Crippen LogP contribution >= 0.6 is 10.7 Å². The molecule has 1 rings (SSSR count). The molecule has 0 radical (unpaired) electrons. The van der Waals surface area contributed by atoms with Gasteiger partial charge in [-0.25, -0.2) is 13.4 Å². The van der Waals surface area contributed by atoms with Crippen molar-refractivity contribution in [3.05, 3.63) is 24.3 Å². The molecule has 0 atom stereocenters. The summed E-state index contributed by atoms with van der Waals surface area (Å²) in [6.07, 6.45) is 0.859. The summed E-state index contributed by atoms with van der Waals surface area (Å²) in [4.78, 5) is 2.91. The van der Waals surface area contributed by atoms with Crippen molar-refractivity contribution >= 4 is 19.7 Å². The fourth-order valence-corrected chi connectivity index (χ4v) is 1.19. The van der Waals surface area contributed by atoms with Crippen LogP contribution in [0.3, 0.4) is 0 Å². The Morgan fingerprint density at radius 1 is 1.45 bits per heavy atom. The maximum absolute atomic E-state index is 12.1. The molecule has 0 N–H and O–H groups in total. The predicted octanol–water partition coefficient (Wildman–Crippen LogP) is 1.15. The smallest absolute Gasteiger partial charge is 0.227 e. The molecule has 3 nitrogen and oxygen atoms in total. The van der Waals surface area contributed by atoms with Crippen molar-refractivity contribution in [1.82, 2.24) is 4.98 Å². The zero-order valence-corrected chi connectivity index (χ0v) is 6.73. The Morgan fingerprint density at radius 3 is 2.45 bits per heavy atom. The molecule has 6 heteroatoms. The van der Waals surface area contributed by atoms with E-state index >= 15 is 0 Å². The second-order valence-electron chi connectivity index (χ2n) is 1.75. The van der Waals surface area contributed by atoms with Gasteiger partial charge in [0.2, 0.25) is 5.95 Å². The van der Waals surface area contributed by atoms with Crippen LogP contribution < -0.4 is 0 Å². The van der Waals surface area contributed by atoms with Gasteiger partial charge in [0.15, 0.2) is 0 Å². The molecule has 0 saturated carbocycles. The quantitative estimate of drug-likeness (QED) is 0.499. The maximum atomic E-state index is 12.1. The van der Waals surface area contributed by atoms with E-state index in [-0.39, 0.29) is 4.90 Å². The van der Waals surface area contributed by atoms with Crippen LogP contribution in [0.2, 0.25) is 0 Å². The van der Waals surface area contributed by atoms with Gasteiger partial charge in [-0.1, -0.05) is 0 Å². The van der Waals surface area contributed by atoms with Gasteiger partial charge in [-0.05, 0) is 12.1 Å². The molecule has 1 heterocycles. The Morgan fingerprint density at radius 2 is 2.09 bits per heavy atom. The standard InChI is InChI=1S/C5H3ClFNO2S/c6-11(9,10)4-1-2-5(7)8-3-4/h1-3H. The summed E-state index contributed by atoms with van der Waals surface area (Å²) in [6.45, 7) is 0. The monoisotopic (exact) mass is 195 g/mol. The SMILES string of the molecule is O=S(=O)(Cl)c1ccc(F)nc1. The first-order chi connectivity index (χ1) is 5.00. The van der Waals surface area contributed by atoms with Gasteiger partial charge in [0.25, 0.3) is 9.05 Å². The molecule has 1 aromatic heterocycles. The first kappa shape index (κ1) is 8.42. The first-order valence-corrected chi connectivity index (χ1v) is 4.87. The Hall–Kier alpha value is -0.680. The van der Waals surface area contributed by atoms with E-state index in [9.17, 15) is 12.8 Å². The maximum Gasteiger partial charge on any atom is 0.262 e. The Kier molecular flexibility index (Phi) is 2.10. The largest absolute Gasteiger partial charge is 0.262 e. The van der Waals surface area contributed by atoms with Crippen molar-refractivity contribution in [3.8, 4) is 0 Å². The minimum absolute atomic E-state index is 0.208. The molecule has 0 aliphatic rings. The van der Waals surface area contributed by atoms with E-state index in [0.29, 0.717) is 0 Å². The molecule has 0 aliphatic heterocycles. The van der Waals surface area contributed by atoms with E-state index in [1.54, 1.807) is 0 Å². The molecule has 0 bridgehead atoms. The Balaban J connectivity index is 3.20. The topological polar surface area (TPSA) is 47.0 Å². The summed E-state index contributed by atoms with van der Waals surface area (Å²) in [5.74, 6) is -0.742. The lowest BCUT2D eigenvalue weighted by atomic mass is 10.5. The minimum Gasteiger partial charge on any atom is -0.227 e. The lowest BCUT2D eigenvalue weighted by molar-refractivity contribution is 0.578. The van der Waals surface area contributed by atoms with E-state index in [2.05, 4.69) is 4.98 Å². The van der Waals surface area contributed by atoms with Crippen LogP contribution in [0.4, 0.5) is 4.39 Å². The van der Waals surface area contributed by atoms with Crippen LogP contribution in [0, 0.1) is 5.95 Å². The second kappa shape index (κ2) is 2.75. The summed E-state index contributed by atoms with van der Waals surface area (Å²) >= 11 is 0. The molecule has 60 valence electrons. The van der Waals surface area contributed by atoms with Crippen molar-refractivity contribution in [2.45, 2.75) is 4.90 Å². The molecular formula is C5H3ClFNO2S. The molecule has 11 heavy (non-hydrogen) atoms. The van der Waals surface area contributed by atoms with Crippen LogP contribution in [-0.4, -0.2) is 13.4 Å². The number of hydrogen-bond acceptors (Lipinski definition) is 3. The fourth-order valence-electron chi connectivity index (χ4n) is 0.506. The molecule has 0 spiro atoms. The lowest BCUT2D eigenvalue weighted by Crippen LogP contribution is -1.92. The third-order valence-corrected chi connectivity index (χ3v) is 2.32. The molecule has 0 saturated heterocycles. The van der Waals surface area contributed by atoms with Crippen molar-refractivity contribution in [2.24, 2.45) is 0 Å². The van der Waals surface area contributed by atoms with Gasteiger partial charge in [-0.3, -0.25) is 0 Å². The number of pyridine rings is 1. The fraction of sp³-hybridized carbons (Fsp3) is 0. The summed E-state index contributed by atoms with van der Waals surface area (Å²) < 4.78 is 33.2. The number of rotatable bonds is 1. The van der Waals surface area contributed by atoms with E-state index in [1.165, 1.54) is 0 Å². The van der Waals surface area contributed by atoms with Gasteiger partial charge in [0, 0.05) is 10.7 Å². The van der Waals surface area contributed by atoms with Crippen LogP contribution in [-0.2, 0) is 9.05 Å². The molecule has 1 aromatic rings. The van der Waals surface area contributed by atoms with Crippen LogP contribution in [0.15, 0.2) is 23.2 Å². The third-order valence-electron chi connectivity index (χ3n) is 0.982. The van der Waals surface area contributed by atoms with Gasteiger partial charge in [0.05, 0.1) is 6.20 Å². The average molecular weight is 196 g/mol. The van der Waals surface area contributed by atoms with Gasteiger partial charge in [0.1, 0.15) is 4.90 Å². The summed E-state index contributed by atoms with van der Waals surface area (Å²) in [6, 6.07) is 1.97. The van der Waals surface area contributed by atoms with Crippen molar-refractivity contribution in [2.75, 3.05) is 0 Å². The number of halogens is 2. The Bertz CT molecular complexity index is 347. The highest BCUT2D eigenvalue weighted by Crippen LogP contribution is 2.12. The van der Waals surface area contributed by atoms with Crippen LogP contribution in [0.25, 0.3) is 0 Å². The van der Waals surface area contributed by atoms with Crippen molar-refractivity contribution in [3.63, 3.8) is 0 Å². The van der Waals surface area contributed by atoms with E-state index < -0.39 is 15.0 Å². The number of nitrogens with zero attached hydrogens (tertiary/aromatic N) is 1.